The molecule has 3 rings (SSSR count). The molecule has 0 saturated carbocycles. The van der Waals surface area contributed by atoms with Gasteiger partial charge in [0.2, 0.25) is 0 Å². The molecule has 1 aliphatic rings. The molecule has 1 aromatic heterocycles. The second kappa shape index (κ2) is 6.84. The molecule has 1 unspecified atom stereocenters. The number of piperidine rings is 1. The summed E-state index contributed by atoms with van der Waals surface area (Å²) in [5, 5.41) is 15.8. The largest absolute Gasteiger partial charge is 0.358 e. The van der Waals surface area contributed by atoms with Gasteiger partial charge in [0.05, 0.1) is 6.20 Å². The Hall–Kier alpha value is -2.41. The van der Waals surface area contributed by atoms with Crippen molar-refractivity contribution >= 4 is 23.3 Å². The molecule has 8 heteroatoms. The van der Waals surface area contributed by atoms with E-state index in [1.54, 1.807) is 4.90 Å². The number of amides is 1. The third-order valence-electron chi connectivity index (χ3n) is 4.69. The van der Waals surface area contributed by atoms with Crippen molar-refractivity contribution in [1.29, 1.82) is 0 Å². The highest BCUT2D eigenvalue weighted by Gasteiger charge is 2.32. The molecule has 1 saturated heterocycles. The molecule has 1 atom stereocenters. The van der Waals surface area contributed by atoms with Crippen LogP contribution in [0.3, 0.4) is 0 Å². The monoisotopic (exact) mass is 362 g/mol. The number of carbonyl (C=O) groups is 1. The van der Waals surface area contributed by atoms with Crippen molar-refractivity contribution in [3.8, 4) is 0 Å². The first-order valence-electron chi connectivity index (χ1n) is 8.10. The Kier molecular flexibility index (Phi) is 4.76. The number of nitrogens with zero attached hydrogens (tertiary/aromatic N) is 4. The van der Waals surface area contributed by atoms with E-state index in [1.165, 1.54) is 18.8 Å². The highest BCUT2D eigenvalue weighted by atomic mass is 35.5. The second-order valence-corrected chi connectivity index (χ2v) is 6.79. The zero-order valence-electron chi connectivity index (χ0n) is 14.1. The van der Waals surface area contributed by atoms with E-state index in [-0.39, 0.29) is 23.2 Å². The van der Waals surface area contributed by atoms with Gasteiger partial charge in [0.15, 0.2) is 5.56 Å². The molecule has 0 aliphatic carbocycles. The van der Waals surface area contributed by atoms with Crippen LogP contribution in [0.1, 0.15) is 40.2 Å². The van der Waals surface area contributed by atoms with Crippen LogP contribution in [0, 0.1) is 17.0 Å². The highest BCUT2D eigenvalue weighted by molar-refractivity contribution is 6.30. The number of rotatable bonds is 3. The molecule has 0 N–H and O–H groups in total. The van der Waals surface area contributed by atoms with Gasteiger partial charge in [-0.1, -0.05) is 22.8 Å². The average molecular weight is 363 g/mol. The van der Waals surface area contributed by atoms with Gasteiger partial charge in [0, 0.05) is 24.0 Å². The Morgan fingerprint density at radius 3 is 2.88 bits per heavy atom. The third-order valence-corrected chi connectivity index (χ3v) is 4.93. The summed E-state index contributed by atoms with van der Waals surface area (Å²) in [5.41, 5.74) is 2.31. The van der Waals surface area contributed by atoms with Crippen LogP contribution in [0.5, 0.6) is 0 Å². The Balaban J connectivity index is 1.84. The molecule has 132 valence electrons. The van der Waals surface area contributed by atoms with Crippen LogP contribution in [-0.4, -0.2) is 38.6 Å². The average Bonchev–Trinajstić information content (AvgIpc) is 2.96. The third kappa shape index (κ3) is 3.37. The van der Waals surface area contributed by atoms with Crippen molar-refractivity contribution in [2.45, 2.75) is 25.7 Å². The zero-order valence-corrected chi connectivity index (χ0v) is 14.9. The molecule has 1 aliphatic heterocycles. The van der Waals surface area contributed by atoms with E-state index < -0.39 is 4.92 Å². The lowest BCUT2D eigenvalue weighted by atomic mass is 9.88. The normalized spacial score (nSPS) is 17.6. The van der Waals surface area contributed by atoms with Crippen molar-refractivity contribution in [1.82, 2.24) is 14.7 Å². The summed E-state index contributed by atoms with van der Waals surface area (Å²) in [6, 6.07) is 5.78. The first kappa shape index (κ1) is 17.4. The van der Waals surface area contributed by atoms with E-state index in [2.05, 4.69) is 5.10 Å². The molecular weight excluding hydrogens is 344 g/mol. The van der Waals surface area contributed by atoms with E-state index in [9.17, 15) is 14.9 Å². The number of benzene rings is 1. The number of nitro groups is 1. The van der Waals surface area contributed by atoms with Crippen LogP contribution >= 0.6 is 11.6 Å². The summed E-state index contributed by atoms with van der Waals surface area (Å²) < 4.78 is 1.12. The topological polar surface area (TPSA) is 81.3 Å². The molecule has 0 spiro atoms. The Labute approximate surface area is 150 Å². The van der Waals surface area contributed by atoms with Gasteiger partial charge in [-0.05, 0) is 47.9 Å². The van der Waals surface area contributed by atoms with Gasteiger partial charge in [0.1, 0.15) is 7.05 Å². The number of aromatic nitrogens is 2. The minimum atomic E-state index is -0.564. The van der Waals surface area contributed by atoms with Gasteiger partial charge in [-0.2, -0.15) is 0 Å². The fourth-order valence-corrected chi connectivity index (χ4v) is 3.71. The lowest BCUT2D eigenvalue weighted by molar-refractivity contribution is -0.392. The molecule has 7 nitrogen and oxygen atoms in total. The van der Waals surface area contributed by atoms with Crippen LogP contribution in [-0.2, 0) is 7.05 Å². The van der Waals surface area contributed by atoms with Crippen molar-refractivity contribution in [2.24, 2.45) is 7.05 Å². The number of halogens is 1. The minimum Gasteiger partial charge on any atom is -0.358 e. The van der Waals surface area contributed by atoms with E-state index in [1.807, 2.05) is 25.1 Å². The van der Waals surface area contributed by atoms with Gasteiger partial charge < -0.3 is 15.0 Å². The molecule has 0 bridgehead atoms. The van der Waals surface area contributed by atoms with E-state index in [0.29, 0.717) is 18.1 Å². The van der Waals surface area contributed by atoms with Crippen molar-refractivity contribution in [3.05, 3.63) is 56.2 Å². The van der Waals surface area contributed by atoms with Gasteiger partial charge in [-0.25, -0.2) is 0 Å². The summed E-state index contributed by atoms with van der Waals surface area (Å²) in [4.78, 5) is 25.1. The molecule has 1 amide bonds. The van der Waals surface area contributed by atoms with Crippen LogP contribution in [0.15, 0.2) is 24.4 Å². The Bertz CT molecular complexity index is 833. The molecule has 1 fully saturated rings. The quantitative estimate of drug-likeness (QED) is 0.619. The second-order valence-electron chi connectivity index (χ2n) is 6.35. The lowest BCUT2D eigenvalue weighted by Crippen LogP contribution is -2.39. The number of hydrogen-bond donors (Lipinski definition) is 0. The van der Waals surface area contributed by atoms with Crippen LogP contribution in [0.25, 0.3) is 0 Å². The van der Waals surface area contributed by atoms with Crippen LogP contribution < -0.4 is 0 Å². The summed E-state index contributed by atoms with van der Waals surface area (Å²) in [6.07, 6.45) is 3.10. The predicted octanol–water partition coefficient (Wildman–Crippen LogP) is 3.31. The number of carbonyl (C=O) groups excluding carboxylic acids is 1. The first-order valence-corrected chi connectivity index (χ1v) is 8.48. The fraction of sp³-hybridized carbons (Fsp3) is 0.412. The van der Waals surface area contributed by atoms with E-state index in [4.69, 9.17) is 11.6 Å². The smallest absolute Gasteiger partial charge is 0.357 e. The summed E-state index contributed by atoms with van der Waals surface area (Å²) in [6.45, 7) is 3.13. The molecule has 2 aromatic rings. The Morgan fingerprint density at radius 1 is 1.44 bits per heavy atom. The number of hydrogen-bond acceptors (Lipinski definition) is 4. The molecule has 0 radical (unpaired) electrons. The molecule has 25 heavy (non-hydrogen) atoms. The first-order chi connectivity index (χ1) is 11.9. The van der Waals surface area contributed by atoms with E-state index in [0.717, 1.165) is 23.1 Å². The molecular formula is C17H19ClN4O3. The van der Waals surface area contributed by atoms with Gasteiger partial charge in [-0.3, -0.25) is 4.79 Å². The van der Waals surface area contributed by atoms with Gasteiger partial charge >= 0.3 is 5.82 Å². The molecule has 2 heterocycles. The maximum atomic E-state index is 12.8. The fourth-order valence-electron chi connectivity index (χ4n) is 3.48. The zero-order chi connectivity index (χ0) is 18.1. The van der Waals surface area contributed by atoms with Crippen LogP contribution in [0.4, 0.5) is 5.82 Å². The van der Waals surface area contributed by atoms with Gasteiger partial charge in [0.25, 0.3) is 5.91 Å². The number of likely N-dealkylation sites (tertiary alicyclic amines) is 1. The lowest BCUT2D eigenvalue weighted by Gasteiger charge is -2.33. The summed E-state index contributed by atoms with van der Waals surface area (Å²) in [5.74, 6) is -0.406. The van der Waals surface area contributed by atoms with E-state index >= 15 is 0 Å². The molecule has 1 aromatic carbocycles. The van der Waals surface area contributed by atoms with Crippen molar-refractivity contribution < 1.29 is 9.72 Å². The maximum absolute atomic E-state index is 12.8. The standard InChI is InChI=1S/C17H19ClN4O3/c1-11-8-13(18)5-6-14(11)12-4-3-7-21(10-12)17(23)15-9-19-20(2)16(15)22(24)25/h5-6,8-9,12H,3-4,7,10H2,1-2H3. The SMILES string of the molecule is Cc1cc(Cl)ccc1C1CCCN(C(=O)c2cnn(C)c2[N+](=O)[O-])C1. The summed E-state index contributed by atoms with van der Waals surface area (Å²) in [7, 11) is 1.46. The van der Waals surface area contributed by atoms with Crippen molar-refractivity contribution in [3.63, 3.8) is 0 Å². The predicted molar refractivity (Wildman–Crippen MR) is 93.9 cm³/mol. The highest BCUT2D eigenvalue weighted by Crippen LogP contribution is 2.31. The van der Waals surface area contributed by atoms with Gasteiger partial charge in [-0.15, -0.1) is 4.68 Å². The number of aryl methyl sites for hydroxylation is 2. The van der Waals surface area contributed by atoms with Crippen molar-refractivity contribution in [2.75, 3.05) is 13.1 Å². The minimum absolute atomic E-state index is 0.0426. The Morgan fingerprint density at radius 2 is 2.20 bits per heavy atom. The van der Waals surface area contributed by atoms with Crippen LogP contribution in [0.2, 0.25) is 5.02 Å². The summed E-state index contributed by atoms with van der Waals surface area (Å²) >= 11 is 6.03. The maximum Gasteiger partial charge on any atom is 0.357 e.